The van der Waals surface area contributed by atoms with Crippen LogP contribution in [0.25, 0.3) is 0 Å². The molecule has 7 heteroatoms. The number of hydrogen-bond acceptors (Lipinski definition) is 4. The van der Waals surface area contributed by atoms with Crippen LogP contribution in [0.3, 0.4) is 0 Å². The van der Waals surface area contributed by atoms with Crippen LogP contribution in [0.2, 0.25) is 0 Å². The number of hydrogen-bond donors (Lipinski definition) is 2. The molecule has 154 valence electrons. The first-order chi connectivity index (χ1) is 12.7. The van der Waals surface area contributed by atoms with Crippen molar-refractivity contribution in [2.45, 2.75) is 77.7 Å². The van der Waals surface area contributed by atoms with E-state index in [4.69, 9.17) is 0 Å². The smallest absolute Gasteiger partial charge is 0.273 e. The Morgan fingerprint density at radius 1 is 1.15 bits per heavy atom. The van der Waals surface area contributed by atoms with Crippen molar-refractivity contribution in [3.8, 4) is 0 Å². The molecule has 27 heavy (non-hydrogen) atoms. The Kier molecular flexibility index (Phi) is 9.03. The van der Waals surface area contributed by atoms with Crippen molar-refractivity contribution < 1.29 is 4.79 Å². The van der Waals surface area contributed by atoms with Gasteiger partial charge in [-0.1, -0.05) is 44.2 Å². The zero-order valence-corrected chi connectivity index (χ0v) is 17.7. The topological polar surface area (TPSA) is 71.8 Å². The summed E-state index contributed by atoms with van der Waals surface area (Å²) in [6, 6.07) is 0.365. The van der Waals surface area contributed by atoms with E-state index in [2.05, 4.69) is 27.9 Å². The lowest BCUT2D eigenvalue weighted by molar-refractivity contribution is 0.0935. The summed E-state index contributed by atoms with van der Waals surface area (Å²) in [4.78, 5) is 12.6. The van der Waals surface area contributed by atoms with Crippen molar-refractivity contribution in [1.82, 2.24) is 25.6 Å². The molecule has 3 rings (SSSR count). The molecule has 1 aromatic heterocycles. The molecule has 2 N–H and O–H groups in total. The predicted molar refractivity (Wildman–Crippen MR) is 110 cm³/mol. The molecule has 1 saturated heterocycles. The molecule has 0 radical (unpaired) electrons. The van der Waals surface area contributed by atoms with Gasteiger partial charge in [0, 0.05) is 6.54 Å². The van der Waals surface area contributed by atoms with E-state index in [0.29, 0.717) is 17.7 Å². The van der Waals surface area contributed by atoms with E-state index in [1.165, 1.54) is 44.9 Å². The molecule has 1 aliphatic carbocycles. The summed E-state index contributed by atoms with van der Waals surface area (Å²) in [5.41, 5.74) is 1.40. The Hall–Kier alpha value is -1.14. The molecular formula is C20H36ClN5O. The number of halogens is 1. The van der Waals surface area contributed by atoms with Crippen LogP contribution in [-0.2, 0) is 0 Å². The molecule has 2 aliphatic rings. The third-order valence-electron chi connectivity index (χ3n) is 6.28. The van der Waals surface area contributed by atoms with Crippen molar-refractivity contribution in [2.75, 3.05) is 19.6 Å². The second kappa shape index (κ2) is 11.0. The first-order valence-corrected chi connectivity index (χ1v) is 10.6. The molecule has 1 aliphatic heterocycles. The number of nitrogens with zero attached hydrogens (tertiary/aromatic N) is 3. The Bertz CT molecular complexity index is 577. The van der Waals surface area contributed by atoms with Gasteiger partial charge in [0.1, 0.15) is 0 Å². The molecule has 2 fully saturated rings. The summed E-state index contributed by atoms with van der Waals surface area (Å²) >= 11 is 0. The highest BCUT2D eigenvalue weighted by molar-refractivity contribution is 5.93. The standard InChI is InChI=1S/C20H35N5O.ClH/c1-3-4-5-16-6-8-17(9-7-16)14-22-20(26)19-15(2)25(24-23-19)18-10-12-21-13-11-18;/h16-18,21H,3-14H2,1-2H3,(H,22,26);1H. The molecule has 0 atom stereocenters. The second-order valence-corrected chi connectivity index (χ2v) is 8.19. The quantitative estimate of drug-likeness (QED) is 0.736. The summed E-state index contributed by atoms with van der Waals surface area (Å²) in [6.45, 7) is 7.03. The average Bonchev–Trinajstić information content (AvgIpc) is 3.07. The van der Waals surface area contributed by atoms with Crippen LogP contribution >= 0.6 is 12.4 Å². The number of unbranched alkanes of at least 4 members (excludes halogenated alkanes) is 1. The highest BCUT2D eigenvalue weighted by Gasteiger charge is 2.25. The van der Waals surface area contributed by atoms with Crippen molar-refractivity contribution in [2.24, 2.45) is 11.8 Å². The van der Waals surface area contributed by atoms with Crippen LogP contribution in [0.1, 0.15) is 86.9 Å². The summed E-state index contributed by atoms with van der Waals surface area (Å²) in [5.74, 6) is 1.47. The number of rotatable bonds is 7. The molecular weight excluding hydrogens is 362 g/mol. The van der Waals surface area contributed by atoms with Crippen LogP contribution in [0.15, 0.2) is 0 Å². The van der Waals surface area contributed by atoms with Crippen LogP contribution in [0.5, 0.6) is 0 Å². The lowest BCUT2D eigenvalue weighted by Crippen LogP contribution is -2.32. The molecule has 2 heterocycles. The van der Waals surface area contributed by atoms with Crippen LogP contribution in [0, 0.1) is 18.8 Å². The number of nitrogens with one attached hydrogen (secondary N) is 2. The van der Waals surface area contributed by atoms with E-state index in [0.717, 1.165) is 44.1 Å². The SMILES string of the molecule is CCCCC1CCC(CNC(=O)c2nnn(C3CCNCC3)c2C)CC1.Cl. The largest absolute Gasteiger partial charge is 0.350 e. The third kappa shape index (κ3) is 5.92. The fraction of sp³-hybridized carbons (Fsp3) is 0.850. The van der Waals surface area contributed by atoms with Crippen LogP contribution in [0.4, 0.5) is 0 Å². The summed E-state index contributed by atoms with van der Waals surface area (Å²) in [5, 5.41) is 14.9. The number of amides is 1. The lowest BCUT2D eigenvalue weighted by atomic mass is 9.80. The number of piperidine rings is 1. The molecule has 0 unspecified atom stereocenters. The molecule has 1 amide bonds. The highest BCUT2D eigenvalue weighted by Crippen LogP contribution is 2.31. The Morgan fingerprint density at radius 2 is 1.81 bits per heavy atom. The van der Waals surface area contributed by atoms with E-state index in [9.17, 15) is 4.79 Å². The van der Waals surface area contributed by atoms with Gasteiger partial charge in [-0.25, -0.2) is 4.68 Å². The Balaban J connectivity index is 0.00000261. The van der Waals surface area contributed by atoms with Gasteiger partial charge in [0.05, 0.1) is 11.7 Å². The summed E-state index contributed by atoms with van der Waals surface area (Å²) < 4.78 is 1.95. The van der Waals surface area contributed by atoms with Crippen molar-refractivity contribution in [3.05, 3.63) is 11.4 Å². The number of aromatic nitrogens is 3. The van der Waals surface area contributed by atoms with Gasteiger partial charge in [0.15, 0.2) is 5.69 Å². The predicted octanol–water partition coefficient (Wildman–Crippen LogP) is 3.66. The first-order valence-electron chi connectivity index (χ1n) is 10.6. The van der Waals surface area contributed by atoms with Crippen molar-refractivity contribution in [3.63, 3.8) is 0 Å². The maximum Gasteiger partial charge on any atom is 0.273 e. The van der Waals surface area contributed by atoms with Crippen molar-refractivity contribution >= 4 is 18.3 Å². The monoisotopic (exact) mass is 397 g/mol. The minimum absolute atomic E-state index is 0. The van der Waals surface area contributed by atoms with Gasteiger partial charge >= 0.3 is 0 Å². The molecule has 0 bridgehead atoms. The maximum absolute atomic E-state index is 12.6. The summed E-state index contributed by atoms with van der Waals surface area (Å²) in [7, 11) is 0. The average molecular weight is 398 g/mol. The van der Waals surface area contributed by atoms with E-state index >= 15 is 0 Å². The van der Waals surface area contributed by atoms with Gasteiger partial charge in [0.2, 0.25) is 0 Å². The van der Waals surface area contributed by atoms with Gasteiger partial charge in [-0.15, -0.1) is 17.5 Å². The molecule has 0 aromatic carbocycles. The van der Waals surface area contributed by atoms with Crippen molar-refractivity contribution in [1.29, 1.82) is 0 Å². The summed E-state index contributed by atoms with van der Waals surface area (Å²) in [6.07, 6.45) is 11.3. The Labute approximate surface area is 169 Å². The van der Waals surface area contributed by atoms with E-state index in [1.807, 2.05) is 11.6 Å². The molecule has 1 saturated carbocycles. The van der Waals surface area contributed by atoms with Gasteiger partial charge in [-0.2, -0.15) is 0 Å². The Morgan fingerprint density at radius 3 is 2.48 bits per heavy atom. The number of carbonyl (C=O) groups excluding carboxylic acids is 1. The van der Waals surface area contributed by atoms with Gasteiger partial charge in [-0.05, 0) is 57.5 Å². The van der Waals surface area contributed by atoms with Crippen LogP contribution in [-0.4, -0.2) is 40.5 Å². The maximum atomic E-state index is 12.6. The van der Waals surface area contributed by atoms with E-state index in [-0.39, 0.29) is 18.3 Å². The fourth-order valence-electron chi connectivity index (χ4n) is 4.49. The van der Waals surface area contributed by atoms with E-state index in [1.54, 1.807) is 0 Å². The van der Waals surface area contributed by atoms with Gasteiger partial charge in [0.25, 0.3) is 5.91 Å². The number of carbonyl (C=O) groups is 1. The highest BCUT2D eigenvalue weighted by atomic mass is 35.5. The lowest BCUT2D eigenvalue weighted by Gasteiger charge is -2.28. The first kappa shape index (κ1) is 22.2. The zero-order valence-electron chi connectivity index (χ0n) is 16.9. The minimum atomic E-state index is -0.0595. The van der Waals surface area contributed by atoms with Gasteiger partial charge < -0.3 is 10.6 Å². The fourth-order valence-corrected chi connectivity index (χ4v) is 4.49. The molecule has 0 spiro atoms. The second-order valence-electron chi connectivity index (χ2n) is 8.19. The molecule has 1 aromatic rings. The normalized spacial score (nSPS) is 23.6. The minimum Gasteiger partial charge on any atom is -0.350 e. The van der Waals surface area contributed by atoms with Crippen LogP contribution < -0.4 is 10.6 Å². The van der Waals surface area contributed by atoms with E-state index < -0.39 is 0 Å². The van der Waals surface area contributed by atoms with Gasteiger partial charge in [-0.3, -0.25) is 4.79 Å². The molecule has 6 nitrogen and oxygen atoms in total. The zero-order chi connectivity index (χ0) is 18.4. The third-order valence-corrected chi connectivity index (χ3v) is 6.28.